The standard InChI is InChI=1S/C16H18Cl3F3N2O9/c1-5(25)29-9-8(4-24-14(28)16(20,21)22)32-12(33-13(23)15(17,18)19)11(31-7(3)27)10(9)30-6(2)26/h8-12,23H,4H2,1-3H3,(H,24,28)/t8-,9+,10+,11-,12-/m1/s1. The highest BCUT2D eigenvalue weighted by Gasteiger charge is 2.54. The lowest BCUT2D eigenvalue weighted by atomic mass is 9.97. The zero-order valence-electron chi connectivity index (χ0n) is 17.0. The molecule has 0 aromatic rings. The van der Waals surface area contributed by atoms with Crippen LogP contribution < -0.4 is 5.32 Å². The van der Waals surface area contributed by atoms with Crippen LogP contribution in [0.3, 0.4) is 0 Å². The SMILES string of the molecule is CC(=O)O[C@H]1[C@@H](OC(C)=O)[C@@H](CNC(=O)C(F)(F)F)O[C@H](OC(=N)C(Cl)(Cl)Cl)[C@@H]1OC(C)=O. The maximum atomic E-state index is 12.6. The van der Waals surface area contributed by atoms with Crippen LogP contribution in [0.1, 0.15) is 20.8 Å². The number of amides is 1. The van der Waals surface area contributed by atoms with Crippen molar-refractivity contribution in [3.05, 3.63) is 0 Å². The molecule has 2 N–H and O–H groups in total. The number of ether oxygens (including phenoxy) is 5. The summed E-state index contributed by atoms with van der Waals surface area (Å²) in [5.41, 5.74) is 0. The van der Waals surface area contributed by atoms with E-state index in [0.29, 0.717) is 0 Å². The van der Waals surface area contributed by atoms with Gasteiger partial charge in [-0.1, -0.05) is 34.8 Å². The van der Waals surface area contributed by atoms with Crippen LogP contribution in [-0.2, 0) is 42.9 Å². The fourth-order valence-electron chi connectivity index (χ4n) is 2.59. The van der Waals surface area contributed by atoms with Gasteiger partial charge >= 0.3 is 30.0 Å². The minimum Gasteiger partial charge on any atom is -0.456 e. The molecule has 1 heterocycles. The molecule has 33 heavy (non-hydrogen) atoms. The van der Waals surface area contributed by atoms with E-state index in [1.54, 1.807) is 0 Å². The van der Waals surface area contributed by atoms with E-state index in [0.717, 1.165) is 20.8 Å². The largest absolute Gasteiger partial charge is 0.471 e. The van der Waals surface area contributed by atoms with Crippen molar-refractivity contribution in [3.63, 3.8) is 0 Å². The maximum absolute atomic E-state index is 12.6. The molecule has 17 heteroatoms. The fraction of sp³-hybridized carbons (Fsp3) is 0.688. The highest BCUT2D eigenvalue weighted by atomic mass is 35.6. The first-order valence-corrected chi connectivity index (χ1v) is 9.91. The van der Waals surface area contributed by atoms with Crippen molar-refractivity contribution in [2.45, 2.75) is 61.4 Å². The van der Waals surface area contributed by atoms with Crippen LogP contribution in [0.2, 0.25) is 0 Å². The van der Waals surface area contributed by atoms with Crippen LogP contribution in [0.25, 0.3) is 0 Å². The fourth-order valence-corrected chi connectivity index (χ4v) is 2.72. The average Bonchev–Trinajstić information content (AvgIpc) is 2.61. The Morgan fingerprint density at radius 1 is 0.879 bits per heavy atom. The molecule has 0 bridgehead atoms. The van der Waals surface area contributed by atoms with Gasteiger partial charge in [-0.2, -0.15) is 13.2 Å². The monoisotopic (exact) mass is 544 g/mol. The van der Waals surface area contributed by atoms with Gasteiger partial charge in [-0.25, -0.2) is 0 Å². The lowest BCUT2D eigenvalue weighted by molar-refractivity contribution is -0.286. The molecule has 5 atom stereocenters. The van der Waals surface area contributed by atoms with E-state index >= 15 is 0 Å². The van der Waals surface area contributed by atoms with E-state index in [-0.39, 0.29) is 0 Å². The quantitative estimate of drug-likeness (QED) is 0.167. The normalized spacial score (nSPS) is 25.4. The molecule has 0 aromatic carbocycles. The molecule has 1 saturated heterocycles. The molecule has 0 unspecified atom stereocenters. The van der Waals surface area contributed by atoms with Crippen LogP contribution in [0.5, 0.6) is 0 Å². The Balaban J connectivity index is 3.40. The van der Waals surface area contributed by atoms with Gasteiger partial charge in [0.1, 0.15) is 6.10 Å². The molecular formula is C16H18Cl3F3N2O9. The predicted octanol–water partition coefficient (Wildman–Crippen LogP) is 1.55. The Hall–Kier alpha value is -2.03. The molecule has 1 aliphatic rings. The van der Waals surface area contributed by atoms with E-state index in [1.165, 1.54) is 5.32 Å². The Bertz CT molecular complexity index is 791. The molecule has 1 fully saturated rings. The third-order valence-electron chi connectivity index (χ3n) is 3.71. The molecule has 0 saturated carbocycles. The number of rotatable bonds is 6. The topological polar surface area (TPSA) is 150 Å². The summed E-state index contributed by atoms with van der Waals surface area (Å²) in [6, 6.07) is 0. The molecule has 0 spiro atoms. The summed E-state index contributed by atoms with van der Waals surface area (Å²) >= 11 is 16.6. The lowest BCUT2D eigenvalue weighted by Gasteiger charge is -2.44. The summed E-state index contributed by atoms with van der Waals surface area (Å²) < 4.78 is 60.9. The number of nitrogens with one attached hydrogen (secondary N) is 2. The molecule has 1 aliphatic heterocycles. The number of hydrogen-bond donors (Lipinski definition) is 2. The second kappa shape index (κ2) is 11.4. The summed E-state index contributed by atoms with van der Waals surface area (Å²) in [5, 5.41) is 9.20. The molecule has 188 valence electrons. The summed E-state index contributed by atoms with van der Waals surface area (Å²) in [7, 11) is 0. The molecule has 11 nitrogen and oxygen atoms in total. The molecular weight excluding hydrogens is 528 g/mol. The van der Waals surface area contributed by atoms with E-state index in [2.05, 4.69) is 0 Å². The lowest BCUT2D eigenvalue weighted by Crippen LogP contribution is -2.64. The van der Waals surface area contributed by atoms with Crippen molar-refractivity contribution in [1.82, 2.24) is 5.32 Å². The summed E-state index contributed by atoms with van der Waals surface area (Å²) in [5.74, 6) is -6.35. The number of halogens is 6. The van der Waals surface area contributed by atoms with Crippen LogP contribution in [-0.4, -0.2) is 76.9 Å². The Kier molecular flexibility index (Phi) is 10.0. The summed E-state index contributed by atoms with van der Waals surface area (Å²) in [6.07, 6.45) is -14.0. The zero-order valence-corrected chi connectivity index (χ0v) is 19.3. The number of hydrogen-bond acceptors (Lipinski definition) is 10. The van der Waals surface area contributed by atoms with Crippen molar-refractivity contribution >= 4 is 64.5 Å². The van der Waals surface area contributed by atoms with Gasteiger partial charge < -0.3 is 29.0 Å². The molecule has 1 rings (SSSR count). The van der Waals surface area contributed by atoms with Gasteiger partial charge in [-0.05, 0) is 0 Å². The first-order chi connectivity index (χ1) is 14.9. The third-order valence-corrected chi connectivity index (χ3v) is 4.22. The zero-order chi connectivity index (χ0) is 25.7. The van der Waals surface area contributed by atoms with Gasteiger partial charge in [0, 0.05) is 27.3 Å². The molecule has 1 amide bonds. The van der Waals surface area contributed by atoms with E-state index in [4.69, 9.17) is 63.9 Å². The Morgan fingerprint density at radius 2 is 1.33 bits per heavy atom. The van der Waals surface area contributed by atoms with Crippen LogP contribution >= 0.6 is 34.8 Å². The van der Waals surface area contributed by atoms with Gasteiger partial charge in [0.05, 0.1) is 0 Å². The maximum Gasteiger partial charge on any atom is 0.471 e. The van der Waals surface area contributed by atoms with Crippen molar-refractivity contribution in [2.24, 2.45) is 0 Å². The third kappa shape index (κ3) is 9.02. The van der Waals surface area contributed by atoms with Crippen LogP contribution in [0.15, 0.2) is 0 Å². The minimum absolute atomic E-state index is 0.929. The van der Waals surface area contributed by atoms with Crippen molar-refractivity contribution in [2.75, 3.05) is 6.54 Å². The highest BCUT2D eigenvalue weighted by molar-refractivity contribution is 6.76. The molecule has 0 aliphatic carbocycles. The number of carbonyl (C=O) groups excluding carboxylic acids is 4. The Morgan fingerprint density at radius 3 is 1.76 bits per heavy atom. The van der Waals surface area contributed by atoms with Gasteiger partial charge in [0.15, 0.2) is 12.2 Å². The summed E-state index contributed by atoms with van der Waals surface area (Å²) in [6.45, 7) is 1.86. The first-order valence-electron chi connectivity index (χ1n) is 8.78. The number of esters is 3. The Labute approximate surface area is 199 Å². The van der Waals surface area contributed by atoms with Crippen LogP contribution in [0.4, 0.5) is 13.2 Å². The van der Waals surface area contributed by atoms with Gasteiger partial charge in [0.2, 0.25) is 18.3 Å². The number of carbonyl (C=O) groups is 4. The average molecular weight is 546 g/mol. The second-order valence-corrected chi connectivity index (χ2v) is 8.70. The highest BCUT2D eigenvalue weighted by Crippen LogP contribution is 2.33. The van der Waals surface area contributed by atoms with E-state index < -0.39 is 76.9 Å². The van der Waals surface area contributed by atoms with Crippen molar-refractivity contribution in [1.29, 1.82) is 5.41 Å². The molecule has 0 aromatic heterocycles. The minimum atomic E-state index is -5.26. The van der Waals surface area contributed by atoms with Gasteiger partial charge in [-0.15, -0.1) is 0 Å². The molecule has 0 radical (unpaired) electrons. The first kappa shape index (κ1) is 29.0. The van der Waals surface area contributed by atoms with E-state index in [9.17, 15) is 32.3 Å². The van der Waals surface area contributed by atoms with E-state index in [1.807, 2.05) is 0 Å². The smallest absolute Gasteiger partial charge is 0.456 e. The van der Waals surface area contributed by atoms with Crippen molar-refractivity contribution < 1.29 is 56.0 Å². The van der Waals surface area contributed by atoms with Crippen LogP contribution in [0, 0.1) is 5.41 Å². The van der Waals surface area contributed by atoms with Gasteiger partial charge in [0.25, 0.3) is 3.79 Å². The van der Waals surface area contributed by atoms with Gasteiger partial charge in [-0.3, -0.25) is 24.6 Å². The predicted molar refractivity (Wildman–Crippen MR) is 103 cm³/mol. The second-order valence-electron chi connectivity index (χ2n) is 6.42. The number of alkyl halides is 6. The van der Waals surface area contributed by atoms with Crippen molar-refractivity contribution in [3.8, 4) is 0 Å². The summed E-state index contributed by atoms with van der Waals surface area (Å²) in [4.78, 5) is 46.1.